The summed E-state index contributed by atoms with van der Waals surface area (Å²) in [5.74, 6) is -0.653. The predicted molar refractivity (Wildman–Crippen MR) is 133 cm³/mol. The summed E-state index contributed by atoms with van der Waals surface area (Å²) >= 11 is 0. The molecule has 2 atom stereocenters. The van der Waals surface area contributed by atoms with Gasteiger partial charge in [-0.3, -0.25) is 9.59 Å². The first-order valence-corrected chi connectivity index (χ1v) is 12.6. The quantitative estimate of drug-likeness (QED) is 0.410. The van der Waals surface area contributed by atoms with Crippen LogP contribution in [0, 0.1) is 11.8 Å². The van der Waals surface area contributed by atoms with Gasteiger partial charge in [-0.15, -0.1) is 0 Å². The van der Waals surface area contributed by atoms with E-state index < -0.39 is 12.1 Å². The highest BCUT2D eigenvalue weighted by Crippen LogP contribution is 2.44. The van der Waals surface area contributed by atoms with Crippen LogP contribution >= 0.6 is 0 Å². The van der Waals surface area contributed by atoms with Crippen LogP contribution in [0.2, 0.25) is 0 Å². The van der Waals surface area contributed by atoms with Gasteiger partial charge >= 0.3 is 12.1 Å². The van der Waals surface area contributed by atoms with Crippen molar-refractivity contribution in [2.24, 2.45) is 11.8 Å². The number of hydrogen-bond donors (Lipinski definition) is 3. The SMILES string of the molecule is CCCC(CC(=O)O)NC(=O)CC(CNC(=O)OCC1c2ccccc2-c2ccccc21)C1CC1. The number of carbonyl (C=O) groups is 3. The van der Waals surface area contributed by atoms with Crippen LogP contribution < -0.4 is 10.6 Å². The number of benzene rings is 2. The van der Waals surface area contributed by atoms with E-state index in [1.165, 1.54) is 11.1 Å². The Kier molecular flexibility index (Phi) is 8.06. The maximum atomic E-state index is 12.6. The molecular formula is C28H34N2O5. The normalized spacial score (nSPS) is 16.0. The Hall–Kier alpha value is -3.35. The lowest BCUT2D eigenvalue weighted by Gasteiger charge is -2.20. The summed E-state index contributed by atoms with van der Waals surface area (Å²) in [4.78, 5) is 36.2. The average molecular weight is 479 g/mol. The first kappa shape index (κ1) is 24.8. The molecular weight excluding hydrogens is 444 g/mol. The fraction of sp³-hybridized carbons (Fsp3) is 0.464. The van der Waals surface area contributed by atoms with Gasteiger partial charge < -0.3 is 20.5 Å². The molecule has 1 saturated carbocycles. The van der Waals surface area contributed by atoms with E-state index in [0.717, 1.165) is 30.4 Å². The van der Waals surface area contributed by atoms with Crippen molar-refractivity contribution >= 4 is 18.0 Å². The molecule has 0 aliphatic heterocycles. The summed E-state index contributed by atoms with van der Waals surface area (Å²) in [6.07, 6.45) is 3.22. The van der Waals surface area contributed by atoms with E-state index in [-0.39, 0.29) is 43.2 Å². The Balaban J connectivity index is 1.28. The van der Waals surface area contributed by atoms with Crippen LogP contribution in [0.15, 0.2) is 48.5 Å². The zero-order chi connectivity index (χ0) is 24.8. The molecule has 0 saturated heterocycles. The molecule has 2 amide bonds. The van der Waals surface area contributed by atoms with Crippen molar-refractivity contribution in [2.45, 2.75) is 57.4 Å². The molecule has 0 radical (unpaired) electrons. The molecule has 2 unspecified atom stereocenters. The Morgan fingerprint density at radius 3 is 2.20 bits per heavy atom. The smallest absolute Gasteiger partial charge is 0.407 e. The van der Waals surface area contributed by atoms with Gasteiger partial charge in [-0.05, 0) is 53.4 Å². The van der Waals surface area contributed by atoms with Crippen molar-refractivity contribution in [2.75, 3.05) is 13.2 Å². The minimum atomic E-state index is -0.917. The van der Waals surface area contributed by atoms with Crippen molar-refractivity contribution in [1.82, 2.24) is 10.6 Å². The maximum absolute atomic E-state index is 12.6. The van der Waals surface area contributed by atoms with Gasteiger partial charge in [-0.2, -0.15) is 0 Å². The summed E-state index contributed by atoms with van der Waals surface area (Å²) in [6, 6.07) is 16.0. The summed E-state index contributed by atoms with van der Waals surface area (Å²) < 4.78 is 5.62. The molecule has 0 heterocycles. The lowest BCUT2D eigenvalue weighted by atomic mass is 9.98. The number of nitrogens with one attached hydrogen (secondary N) is 2. The van der Waals surface area contributed by atoms with Crippen LogP contribution in [0.5, 0.6) is 0 Å². The topological polar surface area (TPSA) is 105 Å². The van der Waals surface area contributed by atoms with E-state index in [0.29, 0.717) is 18.9 Å². The molecule has 2 aliphatic carbocycles. The lowest BCUT2D eigenvalue weighted by Crippen LogP contribution is -2.39. The van der Waals surface area contributed by atoms with Gasteiger partial charge in [0.05, 0.1) is 6.42 Å². The largest absolute Gasteiger partial charge is 0.481 e. The van der Waals surface area contributed by atoms with Gasteiger partial charge in [0, 0.05) is 24.9 Å². The van der Waals surface area contributed by atoms with Crippen molar-refractivity contribution < 1.29 is 24.2 Å². The number of hydrogen-bond acceptors (Lipinski definition) is 4. The third kappa shape index (κ3) is 6.41. The van der Waals surface area contributed by atoms with E-state index in [2.05, 4.69) is 34.9 Å². The number of rotatable bonds is 12. The van der Waals surface area contributed by atoms with Crippen LogP contribution in [-0.2, 0) is 14.3 Å². The lowest BCUT2D eigenvalue weighted by molar-refractivity contribution is -0.137. The third-order valence-electron chi connectivity index (χ3n) is 7.01. The van der Waals surface area contributed by atoms with E-state index in [1.807, 2.05) is 31.2 Å². The summed E-state index contributed by atoms with van der Waals surface area (Å²) in [6.45, 7) is 2.58. The van der Waals surface area contributed by atoms with Crippen molar-refractivity contribution in [1.29, 1.82) is 0 Å². The zero-order valence-corrected chi connectivity index (χ0v) is 20.2. The number of carbonyl (C=O) groups excluding carboxylic acids is 2. The Bertz CT molecular complexity index is 1020. The minimum absolute atomic E-state index is 0.00268. The predicted octanol–water partition coefficient (Wildman–Crippen LogP) is 4.70. The molecule has 7 heteroatoms. The molecule has 2 aromatic rings. The van der Waals surface area contributed by atoms with Crippen LogP contribution in [0.25, 0.3) is 11.1 Å². The number of carboxylic acids is 1. The van der Waals surface area contributed by atoms with E-state index in [1.54, 1.807) is 0 Å². The van der Waals surface area contributed by atoms with E-state index in [4.69, 9.17) is 9.84 Å². The fourth-order valence-corrected chi connectivity index (χ4v) is 5.15. The first-order valence-electron chi connectivity index (χ1n) is 12.6. The Morgan fingerprint density at radius 1 is 1.00 bits per heavy atom. The molecule has 0 spiro atoms. The van der Waals surface area contributed by atoms with Crippen molar-refractivity contribution in [3.8, 4) is 11.1 Å². The van der Waals surface area contributed by atoms with Gasteiger partial charge in [0.2, 0.25) is 5.91 Å². The van der Waals surface area contributed by atoms with Crippen LogP contribution in [0.4, 0.5) is 4.79 Å². The van der Waals surface area contributed by atoms with Crippen LogP contribution in [0.3, 0.4) is 0 Å². The zero-order valence-electron chi connectivity index (χ0n) is 20.2. The molecule has 3 N–H and O–H groups in total. The standard InChI is InChI=1S/C28H34N2O5/c1-2-7-20(15-27(32)33)30-26(31)14-19(18-12-13-18)16-29-28(34)35-17-25-23-10-5-3-8-21(23)22-9-4-6-11-24(22)25/h3-6,8-11,18-20,25H,2,7,12-17H2,1H3,(H,29,34)(H,30,31)(H,32,33). The molecule has 1 fully saturated rings. The third-order valence-corrected chi connectivity index (χ3v) is 7.01. The molecule has 0 bridgehead atoms. The van der Waals surface area contributed by atoms with Crippen LogP contribution in [-0.4, -0.2) is 42.3 Å². The molecule has 2 aliphatic rings. The highest BCUT2D eigenvalue weighted by atomic mass is 16.5. The average Bonchev–Trinajstić information content (AvgIpc) is 3.63. The number of aliphatic carboxylic acids is 1. The Labute approximate surface area is 206 Å². The van der Waals surface area contributed by atoms with Gasteiger partial charge in [0.15, 0.2) is 0 Å². The second-order valence-electron chi connectivity index (χ2n) is 9.66. The highest BCUT2D eigenvalue weighted by Gasteiger charge is 2.34. The van der Waals surface area contributed by atoms with Gasteiger partial charge in [0.1, 0.15) is 6.61 Å². The number of carboxylic acid groups (broad SMARTS) is 1. The summed E-state index contributed by atoms with van der Waals surface area (Å²) in [7, 11) is 0. The molecule has 35 heavy (non-hydrogen) atoms. The number of amides is 2. The van der Waals surface area contributed by atoms with Crippen molar-refractivity contribution in [3.05, 3.63) is 59.7 Å². The molecule has 4 rings (SSSR count). The number of fused-ring (bicyclic) bond motifs is 3. The monoisotopic (exact) mass is 478 g/mol. The summed E-state index contributed by atoms with van der Waals surface area (Å²) in [5, 5.41) is 14.8. The Morgan fingerprint density at radius 2 is 1.63 bits per heavy atom. The first-order chi connectivity index (χ1) is 17.0. The van der Waals surface area contributed by atoms with Gasteiger partial charge in [0.25, 0.3) is 0 Å². The van der Waals surface area contributed by atoms with Gasteiger partial charge in [-0.25, -0.2) is 4.79 Å². The van der Waals surface area contributed by atoms with Crippen molar-refractivity contribution in [3.63, 3.8) is 0 Å². The van der Waals surface area contributed by atoms with Crippen LogP contribution in [0.1, 0.15) is 62.5 Å². The highest BCUT2D eigenvalue weighted by molar-refractivity contribution is 5.79. The second kappa shape index (κ2) is 11.4. The molecule has 0 aromatic heterocycles. The fourth-order valence-electron chi connectivity index (χ4n) is 5.15. The maximum Gasteiger partial charge on any atom is 0.407 e. The second-order valence-corrected chi connectivity index (χ2v) is 9.66. The number of ether oxygens (including phenoxy) is 1. The molecule has 2 aromatic carbocycles. The minimum Gasteiger partial charge on any atom is -0.481 e. The molecule has 7 nitrogen and oxygen atoms in total. The van der Waals surface area contributed by atoms with E-state index in [9.17, 15) is 14.4 Å². The number of alkyl carbamates (subject to hydrolysis) is 1. The van der Waals surface area contributed by atoms with E-state index >= 15 is 0 Å². The summed E-state index contributed by atoms with van der Waals surface area (Å²) in [5.41, 5.74) is 4.69. The van der Waals surface area contributed by atoms with Gasteiger partial charge in [-0.1, -0.05) is 61.9 Å². The molecule has 186 valence electrons.